The van der Waals surface area contributed by atoms with Crippen LogP contribution in [0.1, 0.15) is 13.3 Å². The summed E-state index contributed by atoms with van der Waals surface area (Å²) in [5, 5.41) is 10.2. The Morgan fingerprint density at radius 1 is 1.61 bits per heavy atom. The molecule has 1 aliphatic heterocycles. The average molecular weight is 251 g/mol. The summed E-state index contributed by atoms with van der Waals surface area (Å²) >= 11 is 0. The Morgan fingerprint density at radius 2 is 2.39 bits per heavy atom. The highest BCUT2D eigenvalue weighted by Crippen LogP contribution is 2.19. The number of nitrogens with one attached hydrogen (secondary N) is 2. The van der Waals surface area contributed by atoms with Crippen LogP contribution in [-0.4, -0.2) is 53.3 Å². The van der Waals surface area contributed by atoms with E-state index in [0.29, 0.717) is 12.1 Å². The maximum atomic E-state index is 11.2. The molecule has 2 rings (SSSR count). The van der Waals surface area contributed by atoms with Gasteiger partial charge >= 0.3 is 0 Å². The van der Waals surface area contributed by atoms with Crippen LogP contribution in [-0.2, 0) is 11.3 Å². The fraction of sp³-hybridized carbons (Fsp3) is 0.667. The third-order valence-electron chi connectivity index (χ3n) is 3.47. The molecule has 1 aromatic rings. The van der Waals surface area contributed by atoms with Crippen LogP contribution in [0.5, 0.6) is 0 Å². The molecule has 0 aliphatic carbocycles. The van der Waals surface area contributed by atoms with Gasteiger partial charge in [0.15, 0.2) is 0 Å². The molecule has 2 unspecified atom stereocenters. The highest BCUT2D eigenvalue weighted by atomic mass is 16.1. The highest BCUT2D eigenvalue weighted by molar-refractivity contribution is 5.75. The molecule has 2 atom stereocenters. The van der Waals surface area contributed by atoms with E-state index in [1.54, 1.807) is 17.9 Å². The molecule has 0 radical (unpaired) electrons. The van der Waals surface area contributed by atoms with Gasteiger partial charge in [-0.05, 0) is 20.4 Å². The fourth-order valence-corrected chi connectivity index (χ4v) is 2.28. The van der Waals surface area contributed by atoms with E-state index in [4.69, 9.17) is 0 Å². The number of hydrogen-bond donors (Lipinski definition) is 2. The van der Waals surface area contributed by atoms with Crippen molar-refractivity contribution < 1.29 is 4.79 Å². The molecule has 100 valence electrons. The van der Waals surface area contributed by atoms with Gasteiger partial charge in [0.1, 0.15) is 6.54 Å². The monoisotopic (exact) mass is 251 g/mol. The Morgan fingerprint density at radius 3 is 3.00 bits per heavy atom. The van der Waals surface area contributed by atoms with Gasteiger partial charge in [-0.15, -0.1) is 0 Å². The zero-order valence-corrected chi connectivity index (χ0v) is 11.2. The van der Waals surface area contributed by atoms with Crippen molar-refractivity contribution in [1.29, 1.82) is 0 Å². The molecule has 2 N–H and O–H groups in total. The summed E-state index contributed by atoms with van der Waals surface area (Å²) in [6, 6.07) is 1.08. The number of carbonyl (C=O) groups is 1. The molecule has 18 heavy (non-hydrogen) atoms. The number of anilines is 1. The minimum absolute atomic E-state index is 0.0427. The summed E-state index contributed by atoms with van der Waals surface area (Å²) in [6.07, 6.45) is 4.78. The maximum absolute atomic E-state index is 11.2. The van der Waals surface area contributed by atoms with Gasteiger partial charge in [0.2, 0.25) is 5.91 Å². The van der Waals surface area contributed by atoms with Gasteiger partial charge in [0, 0.05) is 31.9 Å². The van der Waals surface area contributed by atoms with Crippen molar-refractivity contribution in [3.63, 3.8) is 0 Å². The zero-order chi connectivity index (χ0) is 13.1. The second-order valence-electron chi connectivity index (χ2n) is 4.97. The van der Waals surface area contributed by atoms with Gasteiger partial charge in [-0.3, -0.25) is 9.48 Å². The molecule has 0 bridgehead atoms. The number of likely N-dealkylation sites (N-methyl/N-ethyl adjacent to an activating group) is 2. The van der Waals surface area contributed by atoms with Crippen LogP contribution in [0.4, 0.5) is 5.69 Å². The number of carbonyl (C=O) groups excluding carboxylic acids is 1. The van der Waals surface area contributed by atoms with Crippen molar-refractivity contribution in [2.45, 2.75) is 32.0 Å². The molecular weight excluding hydrogens is 230 g/mol. The van der Waals surface area contributed by atoms with Gasteiger partial charge in [0.25, 0.3) is 0 Å². The summed E-state index contributed by atoms with van der Waals surface area (Å²) < 4.78 is 1.64. The van der Waals surface area contributed by atoms with Crippen molar-refractivity contribution in [2.75, 3.05) is 26.0 Å². The van der Waals surface area contributed by atoms with E-state index in [0.717, 1.165) is 18.7 Å². The first-order valence-electron chi connectivity index (χ1n) is 6.28. The standard InChI is InChI=1S/C12H21N5O/c1-9-4-10(6-16(9)3)15-11-5-14-17(7-11)8-12(18)13-2/h5,7,9-10,15H,4,6,8H2,1-3H3,(H,13,18). The summed E-state index contributed by atoms with van der Waals surface area (Å²) in [5.41, 5.74) is 0.978. The average Bonchev–Trinajstić information content (AvgIpc) is 2.87. The zero-order valence-electron chi connectivity index (χ0n) is 11.2. The first-order valence-corrected chi connectivity index (χ1v) is 6.28. The number of aromatic nitrogens is 2. The molecule has 0 spiro atoms. The van der Waals surface area contributed by atoms with Crippen molar-refractivity contribution in [3.05, 3.63) is 12.4 Å². The molecule has 1 aromatic heterocycles. The molecule has 6 nitrogen and oxygen atoms in total. The number of hydrogen-bond acceptors (Lipinski definition) is 4. The number of rotatable bonds is 4. The predicted octanol–water partition coefficient (Wildman–Crippen LogP) is 0.134. The van der Waals surface area contributed by atoms with E-state index in [-0.39, 0.29) is 12.5 Å². The molecule has 1 saturated heterocycles. The van der Waals surface area contributed by atoms with Gasteiger partial charge in [-0.25, -0.2) is 0 Å². The molecule has 0 aromatic carbocycles. The maximum Gasteiger partial charge on any atom is 0.241 e. The SMILES string of the molecule is CNC(=O)Cn1cc(NC2CC(C)N(C)C2)cn1. The highest BCUT2D eigenvalue weighted by Gasteiger charge is 2.25. The van der Waals surface area contributed by atoms with E-state index in [9.17, 15) is 4.79 Å². The Balaban J connectivity index is 1.89. The Kier molecular flexibility index (Phi) is 3.86. The van der Waals surface area contributed by atoms with Crippen molar-refractivity contribution in [1.82, 2.24) is 20.0 Å². The number of nitrogens with zero attached hydrogens (tertiary/aromatic N) is 3. The second kappa shape index (κ2) is 5.39. The molecule has 1 aliphatic rings. The molecule has 2 heterocycles. The number of likely N-dealkylation sites (tertiary alicyclic amines) is 1. The largest absolute Gasteiger partial charge is 0.378 e. The van der Waals surface area contributed by atoms with Crippen molar-refractivity contribution >= 4 is 11.6 Å². The van der Waals surface area contributed by atoms with Gasteiger partial charge in [0.05, 0.1) is 11.9 Å². The van der Waals surface area contributed by atoms with Crippen LogP contribution in [0.15, 0.2) is 12.4 Å². The molecule has 1 amide bonds. The summed E-state index contributed by atoms with van der Waals surface area (Å²) in [4.78, 5) is 13.6. The summed E-state index contributed by atoms with van der Waals surface area (Å²) in [6.45, 7) is 3.54. The topological polar surface area (TPSA) is 62.2 Å². The minimum atomic E-state index is -0.0427. The molecule has 6 heteroatoms. The van der Waals surface area contributed by atoms with Gasteiger partial charge < -0.3 is 15.5 Å². The van der Waals surface area contributed by atoms with Crippen LogP contribution in [0.2, 0.25) is 0 Å². The van der Waals surface area contributed by atoms with Gasteiger partial charge in [-0.1, -0.05) is 0 Å². The van der Waals surface area contributed by atoms with Gasteiger partial charge in [-0.2, -0.15) is 5.10 Å². The van der Waals surface area contributed by atoms with Crippen molar-refractivity contribution in [2.24, 2.45) is 0 Å². The molecular formula is C12H21N5O. The quantitative estimate of drug-likeness (QED) is 0.798. The van der Waals surface area contributed by atoms with Crippen LogP contribution in [0, 0.1) is 0 Å². The van der Waals surface area contributed by atoms with E-state index >= 15 is 0 Å². The minimum Gasteiger partial charge on any atom is -0.378 e. The summed E-state index contributed by atoms with van der Waals surface area (Å²) in [7, 11) is 3.77. The lowest BCUT2D eigenvalue weighted by Gasteiger charge is -2.13. The normalized spacial score (nSPS) is 24.2. The predicted molar refractivity (Wildman–Crippen MR) is 70.4 cm³/mol. The van der Waals surface area contributed by atoms with E-state index in [1.807, 2.05) is 6.20 Å². The van der Waals surface area contributed by atoms with Crippen LogP contribution in [0.25, 0.3) is 0 Å². The number of amides is 1. The third-order valence-corrected chi connectivity index (χ3v) is 3.47. The first kappa shape index (κ1) is 12.9. The van der Waals surface area contributed by atoms with E-state index < -0.39 is 0 Å². The smallest absolute Gasteiger partial charge is 0.241 e. The molecule has 0 saturated carbocycles. The lowest BCUT2D eigenvalue weighted by atomic mass is 10.2. The Hall–Kier alpha value is -1.56. The Labute approximate surface area is 107 Å². The van der Waals surface area contributed by atoms with Crippen LogP contribution >= 0.6 is 0 Å². The van der Waals surface area contributed by atoms with Crippen molar-refractivity contribution in [3.8, 4) is 0 Å². The molecule has 1 fully saturated rings. The fourth-order valence-electron chi connectivity index (χ4n) is 2.28. The van der Waals surface area contributed by atoms with E-state index in [1.165, 1.54) is 0 Å². The third kappa shape index (κ3) is 3.01. The van der Waals surface area contributed by atoms with E-state index in [2.05, 4.69) is 34.6 Å². The first-order chi connectivity index (χ1) is 8.58. The van der Waals surface area contributed by atoms with Crippen LogP contribution < -0.4 is 10.6 Å². The lowest BCUT2D eigenvalue weighted by Crippen LogP contribution is -2.25. The summed E-state index contributed by atoms with van der Waals surface area (Å²) in [5.74, 6) is -0.0427. The van der Waals surface area contributed by atoms with Crippen LogP contribution in [0.3, 0.4) is 0 Å². The lowest BCUT2D eigenvalue weighted by molar-refractivity contribution is -0.121. The second-order valence-corrected chi connectivity index (χ2v) is 4.97. The Bertz CT molecular complexity index is 406.